The highest BCUT2D eigenvalue weighted by Crippen LogP contribution is 2.18. The van der Waals surface area contributed by atoms with Gasteiger partial charge in [0.15, 0.2) is 5.96 Å². The lowest BCUT2D eigenvalue weighted by molar-refractivity contribution is 0.318. The Morgan fingerprint density at radius 2 is 2.05 bits per heavy atom. The molecule has 0 heterocycles. The number of nitrogens with one attached hydrogen (secondary N) is 2. The second kappa shape index (κ2) is 8.39. The highest BCUT2D eigenvalue weighted by Gasteiger charge is 2.15. The number of benzene rings is 1. The van der Waals surface area contributed by atoms with E-state index in [1.54, 1.807) is 14.2 Å². The van der Waals surface area contributed by atoms with Crippen LogP contribution in [0.15, 0.2) is 29.3 Å². The topological polar surface area (TPSA) is 54.9 Å². The van der Waals surface area contributed by atoms with Gasteiger partial charge in [0.05, 0.1) is 13.7 Å². The lowest BCUT2D eigenvalue weighted by Gasteiger charge is -2.17. The first-order valence-electron chi connectivity index (χ1n) is 7.56. The number of hydrogen-bond acceptors (Lipinski definition) is 3. The predicted octanol–water partition coefficient (Wildman–Crippen LogP) is 2.18. The van der Waals surface area contributed by atoms with Crippen LogP contribution < -0.4 is 20.1 Å². The molecule has 116 valence electrons. The summed E-state index contributed by atoms with van der Waals surface area (Å²) in [5, 5.41) is 6.72. The normalized spacial score (nSPS) is 15.8. The van der Waals surface area contributed by atoms with Crippen LogP contribution in [-0.2, 0) is 0 Å². The lowest BCUT2D eigenvalue weighted by Crippen LogP contribution is -2.43. The third-order valence-electron chi connectivity index (χ3n) is 3.62. The Balaban J connectivity index is 1.67. The maximum Gasteiger partial charge on any atom is 0.191 e. The minimum Gasteiger partial charge on any atom is -0.497 e. The van der Waals surface area contributed by atoms with Crippen LogP contribution in [-0.4, -0.2) is 39.3 Å². The molecule has 0 radical (unpaired) electrons. The van der Waals surface area contributed by atoms with Gasteiger partial charge < -0.3 is 20.1 Å². The molecule has 1 aromatic carbocycles. The van der Waals surface area contributed by atoms with Crippen molar-refractivity contribution in [2.45, 2.75) is 31.7 Å². The Morgan fingerprint density at radius 3 is 2.76 bits per heavy atom. The fourth-order valence-corrected chi connectivity index (χ4v) is 2.49. The SMILES string of the molecule is CN=C(NCCOc1cccc(OC)c1)NC1CCCC1. The van der Waals surface area contributed by atoms with Gasteiger partial charge in [-0.25, -0.2) is 0 Å². The van der Waals surface area contributed by atoms with Crippen LogP contribution >= 0.6 is 0 Å². The largest absolute Gasteiger partial charge is 0.497 e. The van der Waals surface area contributed by atoms with Gasteiger partial charge in [0.2, 0.25) is 0 Å². The van der Waals surface area contributed by atoms with E-state index in [-0.39, 0.29) is 0 Å². The van der Waals surface area contributed by atoms with Gasteiger partial charge in [-0.15, -0.1) is 0 Å². The summed E-state index contributed by atoms with van der Waals surface area (Å²) in [5.41, 5.74) is 0. The Morgan fingerprint density at radius 1 is 1.29 bits per heavy atom. The number of guanidine groups is 1. The maximum absolute atomic E-state index is 5.69. The molecule has 1 aromatic rings. The molecule has 1 saturated carbocycles. The van der Waals surface area contributed by atoms with E-state index < -0.39 is 0 Å². The van der Waals surface area contributed by atoms with Gasteiger partial charge in [-0.05, 0) is 25.0 Å². The van der Waals surface area contributed by atoms with Crippen molar-refractivity contribution in [2.75, 3.05) is 27.3 Å². The molecule has 0 saturated heterocycles. The fourth-order valence-electron chi connectivity index (χ4n) is 2.49. The van der Waals surface area contributed by atoms with Crippen molar-refractivity contribution < 1.29 is 9.47 Å². The lowest BCUT2D eigenvalue weighted by atomic mass is 10.2. The number of rotatable bonds is 6. The maximum atomic E-state index is 5.69. The second-order valence-corrected chi connectivity index (χ2v) is 5.15. The highest BCUT2D eigenvalue weighted by molar-refractivity contribution is 5.79. The first-order chi connectivity index (χ1) is 10.3. The van der Waals surface area contributed by atoms with Gasteiger partial charge in [-0.1, -0.05) is 18.9 Å². The fraction of sp³-hybridized carbons (Fsp3) is 0.562. The smallest absolute Gasteiger partial charge is 0.191 e. The van der Waals surface area contributed by atoms with Crippen LogP contribution in [0.2, 0.25) is 0 Å². The number of methoxy groups -OCH3 is 1. The third kappa shape index (κ3) is 5.17. The van der Waals surface area contributed by atoms with Crippen LogP contribution in [0.3, 0.4) is 0 Å². The predicted molar refractivity (Wildman–Crippen MR) is 85.2 cm³/mol. The quantitative estimate of drug-likeness (QED) is 0.479. The number of hydrogen-bond donors (Lipinski definition) is 2. The van der Waals surface area contributed by atoms with Crippen LogP contribution in [0.25, 0.3) is 0 Å². The molecule has 0 unspecified atom stereocenters. The van der Waals surface area contributed by atoms with E-state index in [0.717, 1.165) is 17.5 Å². The molecule has 5 heteroatoms. The molecule has 0 aromatic heterocycles. The second-order valence-electron chi connectivity index (χ2n) is 5.15. The van der Waals surface area contributed by atoms with Crippen LogP contribution in [0.4, 0.5) is 0 Å². The molecule has 0 bridgehead atoms. The zero-order valence-corrected chi connectivity index (χ0v) is 12.9. The number of ether oxygens (including phenoxy) is 2. The summed E-state index contributed by atoms with van der Waals surface area (Å²) in [6, 6.07) is 8.19. The van der Waals surface area contributed by atoms with Gasteiger partial charge in [0, 0.05) is 19.2 Å². The Hall–Kier alpha value is -1.91. The summed E-state index contributed by atoms with van der Waals surface area (Å²) < 4.78 is 10.9. The standard InChI is InChI=1S/C16H25N3O2/c1-17-16(19-13-6-3-4-7-13)18-10-11-21-15-9-5-8-14(12-15)20-2/h5,8-9,12-13H,3-4,6-7,10-11H2,1-2H3,(H2,17,18,19). The van der Waals surface area contributed by atoms with E-state index in [2.05, 4.69) is 15.6 Å². The molecule has 1 fully saturated rings. The van der Waals surface area contributed by atoms with Crippen LogP contribution in [0.1, 0.15) is 25.7 Å². The Labute approximate surface area is 126 Å². The molecule has 21 heavy (non-hydrogen) atoms. The molecule has 1 aliphatic carbocycles. The van der Waals surface area contributed by atoms with Gasteiger partial charge in [-0.3, -0.25) is 4.99 Å². The summed E-state index contributed by atoms with van der Waals surface area (Å²) in [6.45, 7) is 1.29. The number of aliphatic imine (C=N–C) groups is 1. The zero-order valence-electron chi connectivity index (χ0n) is 12.9. The van der Waals surface area contributed by atoms with Crippen molar-refractivity contribution in [2.24, 2.45) is 4.99 Å². The van der Waals surface area contributed by atoms with E-state index >= 15 is 0 Å². The molecule has 0 spiro atoms. The summed E-state index contributed by atoms with van der Waals surface area (Å²) in [5.74, 6) is 2.48. The van der Waals surface area contributed by atoms with Gasteiger partial charge in [0.25, 0.3) is 0 Å². The third-order valence-corrected chi connectivity index (χ3v) is 3.62. The van der Waals surface area contributed by atoms with E-state index in [4.69, 9.17) is 9.47 Å². The summed E-state index contributed by atoms with van der Waals surface area (Å²) >= 11 is 0. The van der Waals surface area contributed by atoms with E-state index in [1.165, 1.54) is 25.7 Å². The minimum absolute atomic E-state index is 0.565. The highest BCUT2D eigenvalue weighted by atomic mass is 16.5. The van der Waals surface area contributed by atoms with Crippen molar-refractivity contribution in [3.05, 3.63) is 24.3 Å². The molecule has 0 aliphatic heterocycles. The first kappa shape index (κ1) is 15.5. The molecular weight excluding hydrogens is 266 g/mol. The molecule has 5 nitrogen and oxygen atoms in total. The van der Waals surface area contributed by atoms with Gasteiger partial charge in [0.1, 0.15) is 18.1 Å². The van der Waals surface area contributed by atoms with Crippen molar-refractivity contribution in [1.82, 2.24) is 10.6 Å². The monoisotopic (exact) mass is 291 g/mol. The molecule has 1 aliphatic rings. The minimum atomic E-state index is 0.565. The molecule has 0 amide bonds. The Kier molecular flexibility index (Phi) is 6.19. The molecule has 0 atom stereocenters. The first-order valence-corrected chi connectivity index (χ1v) is 7.56. The van der Waals surface area contributed by atoms with Crippen LogP contribution in [0.5, 0.6) is 11.5 Å². The van der Waals surface area contributed by atoms with Crippen LogP contribution in [0, 0.1) is 0 Å². The number of nitrogens with zero attached hydrogens (tertiary/aromatic N) is 1. The van der Waals surface area contributed by atoms with Crippen molar-refractivity contribution >= 4 is 5.96 Å². The summed E-state index contributed by atoms with van der Waals surface area (Å²) in [4.78, 5) is 4.24. The average molecular weight is 291 g/mol. The van der Waals surface area contributed by atoms with Crippen molar-refractivity contribution in [3.8, 4) is 11.5 Å². The summed E-state index contributed by atoms with van der Waals surface area (Å²) in [6.07, 6.45) is 5.10. The molecule has 2 rings (SSSR count). The zero-order chi connectivity index (χ0) is 14.9. The van der Waals surface area contributed by atoms with Crippen molar-refractivity contribution in [3.63, 3.8) is 0 Å². The molecular formula is C16H25N3O2. The van der Waals surface area contributed by atoms with E-state index in [0.29, 0.717) is 19.2 Å². The van der Waals surface area contributed by atoms with E-state index in [1.807, 2.05) is 24.3 Å². The Bertz CT molecular complexity index is 457. The van der Waals surface area contributed by atoms with E-state index in [9.17, 15) is 0 Å². The van der Waals surface area contributed by atoms with Gasteiger partial charge in [-0.2, -0.15) is 0 Å². The van der Waals surface area contributed by atoms with Gasteiger partial charge >= 0.3 is 0 Å². The summed E-state index contributed by atoms with van der Waals surface area (Å²) in [7, 11) is 3.45. The average Bonchev–Trinajstić information content (AvgIpc) is 3.03. The van der Waals surface area contributed by atoms with Crippen molar-refractivity contribution in [1.29, 1.82) is 0 Å². The molecule has 2 N–H and O–H groups in total.